The number of hydrogen-bond acceptors (Lipinski definition) is 4. The highest BCUT2D eigenvalue weighted by atomic mass is 31.0. The maximum Gasteiger partial charge on any atom is 0.215 e. The number of rotatable bonds is 7. The Labute approximate surface area is 165 Å². The summed E-state index contributed by atoms with van der Waals surface area (Å²) in [6.45, 7) is 1.42. The molecule has 0 heterocycles. The number of hydrogen-bond donors (Lipinski definition) is 2. The summed E-state index contributed by atoms with van der Waals surface area (Å²) in [5, 5.41) is 6.38. The Balaban J connectivity index is 2.10. The van der Waals surface area contributed by atoms with Crippen LogP contribution in [0.25, 0.3) is 0 Å². The van der Waals surface area contributed by atoms with Crippen LogP contribution in [0.2, 0.25) is 0 Å². The number of carbonyl (C=O) groups is 2. The van der Waals surface area contributed by atoms with Gasteiger partial charge < -0.3 is 11.1 Å². The third-order valence-corrected chi connectivity index (χ3v) is 5.69. The van der Waals surface area contributed by atoms with E-state index in [1.165, 1.54) is 11.8 Å². The largest absolute Gasteiger partial charge is 0.398 e. The van der Waals surface area contributed by atoms with E-state index in [2.05, 4.69) is 9.24 Å². The van der Waals surface area contributed by atoms with Crippen LogP contribution in [0, 0.1) is 5.41 Å². The van der Waals surface area contributed by atoms with E-state index in [0.29, 0.717) is 41.8 Å². The minimum atomic E-state index is -1.28. The maximum absolute atomic E-state index is 14.1. The van der Waals surface area contributed by atoms with Crippen LogP contribution in [0.3, 0.4) is 0 Å². The first-order chi connectivity index (χ1) is 13.3. The minimum absolute atomic E-state index is 0.0166. The molecule has 0 aliphatic heterocycles. The average molecular weight is 399 g/mol. The van der Waals surface area contributed by atoms with Gasteiger partial charge in [0.15, 0.2) is 5.78 Å². The summed E-state index contributed by atoms with van der Waals surface area (Å²) < 4.78 is 14.1. The highest BCUT2D eigenvalue weighted by molar-refractivity contribution is 7.18. The number of anilines is 2. The molecule has 1 saturated carbocycles. The molecular formula is C21H23FN3O2P. The molecule has 3 N–H and O–H groups in total. The summed E-state index contributed by atoms with van der Waals surface area (Å²) in [4.78, 5) is 26.0. The van der Waals surface area contributed by atoms with E-state index in [0.717, 1.165) is 11.8 Å². The lowest BCUT2D eigenvalue weighted by molar-refractivity contribution is -0.120. The number of nitrogen functional groups attached to an aromatic ring is 1. The quantitative estimate of drug-likeness (QED) is 0.320. The van der Waals surface area contributed by atoms with E-state index in [-0.39, 0.29) is 11.7 Å². The number of alkyl halides is 1. The van der Waals surface area contributed by atoms with Crippen molar-refractivity contribution in [1.82, 2.24) is 0 Å². The molecule has 0 radical (unpaired) electrons. The second kappa shape index (κ2) is 7.80. The Kier molecular flexibility index (Phi) is 5.61. The number of ketones is 1. The fraction of sp³-hybridized carbons (Fsp3) is 0.286. The minimum Gasteiger partial charge on any atom is -0.398 e. The number of nitrogens with zero attached hydrogens (tertiary/aromatic N) is 1. The van der Waals surface area contributed by atoms with Gasteiger partial charge in [0.25, 0.3) is 0 Å². The topological polar surface area (TPSA) is 87.2 Å². The zero-order chi connectivity index (χ0) is 20.5. The Hall–Kier alpha value is -2.59. The molecule has 146 valence electrons. The van der Waals surface area contributed by atoms with Gasteiger partial charge in [-0.15, -0.1) is 0 Å². The predicted octanol–water partition coefficient (Wildman–Crippen LogP) is 3.98. The molecule has 7 heteroatoms. The van der Waals surface area contributed by atoms with E-state index in [1.807, 2.05) is 12.1 Å². The van der Waals surface area contributed by atoms with Gasteiger partial charge in [0, 0.05) is 17.5 Å². The van der Waals surface area contributed by atoms with Crippen molar-refractivity contribution in [3.8, 4) is 0 Å². The van der Waals surface area contributed by atoms with Crippen molar-refractivity contribution in [2.75, 3.05) is 10.6 Å². The van der Waals surface area contributed by atoms with Gasteiger partial charge in [0.05, 0.1) is 5.69 Å². The van der Waals surface area contributed by atoms with Crippen LogP contribution >= 0.6 is 9.24 Å². The van der Waals surface area contributed by atoms with Crippen LogP contribution < -0.4 is 10.6 Å². The molecule has 5 nitrogen and oxygen atoms in total. The molecule has 2 unspecified atom stereocenters. The van der Waals surface area contributed by atoms with Crippen LogP contribution in [0.1, 0.15) is 48.4 Å². The summed E-state index contributed by atoms with van der Waals surface area (Å²) in [7, 11) is 2.24. The molecule has 28 heavy (non-hydrogen) atoms. The van der Waals surface area contributed by atoms with E-state index in [9.17, 15) is 14.0 Å². The smallest absolute Gasteiger partial charge is 0.215 e. The number of nitrogens with two attached hydrogens (primary N) is 1. The van der Waals surface area contributed by atoms with E-state index < -0.39 is 11.5 Å². The summed E-state index contributed by atoms with van der Waals surface area (Å²) in [6.07, 6.45) is 2.36. The first-order valence-electron chi connectivity index (χ1n) is 8.98. The molecule has 0 saturated heterocycles. The Bertz CT molecular complexity index is 924. The van der Waals surface area contributed by atoms with Gasteiger partial charge in [0.2, 0.25) is 6.41 Å². The van der Waals surface area contributed by atoms with Gasteiger partial charge in [-0.1, -0.05) is 39.6 Å². The Morgan fingerprint density at radius 2 is 2.00 bits per heavy atom. The number of Topliss-reactive ketones (excluding diaryl/α,β-unsaturated/α-hetero) is 1. The maximum atomic E-state index is 14.1. The molecule has 1 amide bonds. The van der Waals surface area contributed by atoms with Gasteiger partial charge in [-0.3, -0.25) is 14.5 Å². The number of carbonyl (C=O) groups excluding carboxylic acids is 2. The second-order valence-corrected chi connectivity index (χ2v) is 8.25. The zero-order valence-electron chi connectivity index (χ0n) is 15.6. The predicted molar refractivity (Wildman–Crippen MR) is 113 cm³/mol. The van der Waals surface area contributed by atoms with Gasteiger partial charge in [0.1, 0.15) is 11.5 Å². The molecule has 1 aliphatic carbocycles. The van der Waals surface area contributed by atoms with Gasteiger partial charge >= 0.3 is 0 Å². The monoisotopic (exact) mass is 399 g/mol. The van der Waals surface area contributed by atoms with Gasteiger partial charge in [-0.05, 0) is 48.9 Å². The van der Waals surface area contributed by atoms with Crippen molar-refractivity contribution in [2.45, 2.75) is 37.1 Å². The SMILES string of the molecule is CC(=O)C(c1ccccc1C1CC(F)(P)C1)N(C=O)c1cccc(N)c1C=N. The van der Waals surface area contributed by atoms with Crippen LogP contribution in [-0.2, 0) is 9.59 Å². The summed E-state index contributed by atoms with van der Waals surface area (Å²) in [5.41, 5.74) is 8.60. The number of nitrogens with one attached hydrogen (secondary N) is 1. The zero-order valence-corrected chi connectivity index (χ0v) is 16.7. The normalized spacial score (nSPS) is 22.0. The number of benzene rings is 2. The molecular weight excluding hydrogens is 376 g/mol. The summed E-state index contributed by atoms with van der Waals surface area (Å²) >= 11 is 0. The van der Waals surface area contributed by atoms with Crippen LogP contribution in [0.4, 0.5) is 15.8 Å². The molecule has 2 aromatic rings. The lowest BCUT2D eigenvalue weighted by atomic mass is 9.75. The molecule has 1 aliphatic rings. The third kappa shape index (κ3) is 3.69. The molecule has 2 aromatic carbocycles. The lowest BCUT2D eigenvalue weighted by Crippen LogP contribution is -2.36. The van der Waals surface area contributed by atoms with Crippen LogP contribution in [-0.4, -0.2) is 23.8 Å². The van der Waals surface area contributed by atoms with Crippen molar-refractivity contribution < 1.29 is 14.0 Å². The molecule has 0 spiro atoms. The molecule has 2 atom stereocenters. The third-order valence-electron chi connectivity index (χ3n) is 5.22. The van der Waals surface area contributed by atoms with Crippen molar-refractivity contribution >= 4 is 39.0 Å². The van der Waals surface area contributed by atoms with Crippen molar-refractivity contribution in [3.05, 3.63) is 59.2 Å². The van der Waals surface area contributed by atoms with E-state index >= 15 is 0 Å². The highest BCUT2D eigenvalue weighted by Crippen LogP contribution is 2.52. The summed E-state index contributed by atoms with van der Waals surface area (Å²) in [6, 6.07) is 11.4. The first-order valence-corrected chi connectivity index (χ1v) is 9.56. The fourth-order valence-corrected chi connectivity index (χ4v) is 4.45. The van der Waals surface area contributed by atoms with Gasteiger partial charge in [-0.2, -0.15) is 0 Å². The standard InChI is InChI=1S/C21H23FN3O2P/c1-13(27)20(25(12-26)19-8-4-7-18(24)17(19)11-23)16-6-3-2-5-15(16)14-9-21(22,28)10-14/h2-8,11-12,14,20,23H,9-10,24,28H2,1H3. The van der Waals surface area contributed by atoms with E-state index in [4.69, 9.17) is 11.1 Å². The number of amides is 1. The van der Waals surface area contributed by atoms with Crippen LogP contribution in [0.5, 0.6) is 0 Å². The van der Waals surface area contributed by atoms with Crippen LogP contribution in [0.15, 0.2) is 42.5 Å². The molecule has 0 bridgehead atoms. The lowest BCUT2D eigenvalue weighted by Gasteiger charge is -2.41. The Morgan fingerprint density at radius 1 is 1.32 bits per heavy atom. The van der Waals surface area contributed by atoms with E-state index in [1.54, 1.807) is 30.3 Å². The molecule has 1 fully saturated rings. The summed E-state index contributed by atoms with van der Waals surface area (Å²) in [5.74, 6) is -0.244. The van der Waals surface area contributed by atoms with Gasteiger partial charge in [-0.25, -0.2) is 4.39 Å². The molecule has 3 rings (SSSR count). The average Bonchev–Trinajstić information content (AvgIpc) is 2.63. The second-order valence-electron chi connectivity index (χ2n) is 7.22. The Morgan fingerprint density at radius 3 is 2.57 bits per heavy atom. The first kappa shape index (κ1) is 20.2. The fourth-order valence-electron chi connectivity index (χ4n) is 3.89. The van der Waals surface area contributed by atoms with Crippen molar-refractivity contribution in [3.63, 3.8) is 0 Å². The van der Waals surface area contributed by atoms with Crippen molar-refractivity contribution in [1.29, 1.82) is 5.41 Å². The number of halogens is 1. The van der Waals surface area contributed by atoms with Crippen molar-refractivity contribution in [2.24, 2.45) is 0 Å². The molecule has 0 aromatic heterocycles. The highest BCUT2D eigenvalue weighted by Gasteiger charge is 2.43.